The van der Waals surface area contributed by atoms with Gasteiger partial charge in [0.1, 0.15) is 11.6 Å². The van der Waals surface area contributed by atoms with E-state index in [4.69, 9.17) is 4.74 Å². The van der Waals surface area contributed by atoms with Crippen LogP contribution in [0, 0.1) is 0 Å². The molecule has 0 radical (unpaired) electrons. The molecule has 0 N–H and O–H groups in total. The number of anilines is 1. The van der Waals surface area contributed by atoms with Crippen molar-refractivity contribution in [1.29, 1.82) is 0 Å². The van der Waals surface area contributed by atoms with Crippen molar-refractivity contribution in [2.45, 2.75) is 32.7 Å². The summed E-state index contributed by atoms with van der Waals surface area (Å²) in [5.41, 5.74) is 2.12. The molecule has 5 nitrogen and oxygen atoms in total. The number of methoxy groups -OCH3 is 1. The lowest BCUT2D eigenvalue weighted by molar-refractivity contribution is 0.0984. The van der Waals surface area contributed by atoms with Gasteiger partial charge in [-0.05, 0) is 29.8 Å². The van der Waals surface area contributed by atoms with Gasteiger partial charge in [0, 0.05) is 23.5 Å². The van der Waals surface area contributed by atoms with Crippen LogP contribution in [0.15, 0.2) is 67.0 Å². The van der Waals surface area contributed by atoms with E-state index in [9.17, 15) is 4.79 Å². The van der Waals surface area contributed by atoms with E-state index >= 15 is 0 Å². The lowest BCUT2D eigenvalue weighted by Gasteiger charge is -2.24. The van der Waals surface area contributed by atoms with E-state index in [0.29, 0.717) is 17.9 Å². The quantitative estimate of drug-likeness (QED) is 0.652. The highest BCUT2D eigenvalue weighted by molar-refractivity contribution is 6.05. The monoisotopic (exact) mass is 375 g/mol. The standard InChI is InChI=1S/C23H25N3O2/c1-23(2,3)22-24-14-18(15-25-22)21(27)26(16-17-8-6-5-7-9-17)19-10-12-20(28-4)13-11-19/h5-15H,16H2,1-4H3. The Hall–Kier alpha value is -3.21. The number of hydrogen-bond donors (Lipinski definition) is 0. The van der Waals surface area contributed by atoms with Gasteiger partial charge in [0.05, 0.1) is 19.2 Å². The number of nitrogens with zero attached hydrogens (tertiary/aromatic N) is 3. The first kappa shape index (κ1) is 19.5. The first-order valence-corrected chi connectivity index (χ1v) is 9.21. The molecule has 0 spiro atoms. The van der Waals surface area contributed by atoms with E-state index in [0.717, 1.165) is 17.0 Å². The second-order valence-corrected chi connectivity index (χ2v) is 7.62. The number of carbonyl (C=O) groups excluding carboxylic acids is 1. The van der Waals surface area contributed by atoms with E-state index in [1.165, 1.54) is 0 Å². The average molecular weight is 375 g/mol. The van der Waals surface area contributed by atoms with Crippen LogP contribution in [0.4, 0.5) is 5.69 Å². The van der Waals surface area contributed by atoms with Gasteiger partial charge in [0.2, 0.25) is 0 Å². The van der Waals surface area contributed by atoms with Gasteiger partial charge >= 0.3 is 0 Å². The van der Waals surface area contributed by atoms with Crippen LogP contribution < -0.4 is 9.64 Å². The van der Waals surface area contributed by atoms with Gasteiger partial charge in [-0.3, -0.25) is 4.79 Å². The second kappa shape index (κ2) is 8.21. The molecule has 5 heteroatoms. The molecular weight excluding hydrogens is 350 g/mol. The summed E-state index contributed by atoms with van der Waals surface area (Å²) in [5, 5.41) is 0. The largest absolute Gasteiger partial charge is 0.497 e. The minimum atomic E-state index is -0.165. The summed E-state index contributed by atoms with van der Waals surface area (Å²) in [4.78, 5) is 23.8. The molecule has 144 valence electrons. The first-order valence-electron chi connectivity index (χ1n) is 9.21. The minimum Gasteiger partial charge on any atom is -0.497 e. The predicted octanol–water partition coefficient (Wildman–Crippen LogP) is 4.63. The second-order valence-electron chi connectivity index (χ2n) is 7.62. The molecule has 0 saturated carbocycles. The molecule has 0 bridgehead atoms. The summed E-state index contributed by atoms with van der Waals surface area (Å²) >= 11 is 0. The van der Waals surface area contributed by atoms with Gasteiger partial charge < -0.3 is 9.64 Å². The highest BCUT2D eigenvalue weighted by Gasteiger charge is 2.21. The lowest BCUT2D eigenvalue weighted by Crippen LogP contribution is -2.31. The average Bonchev–Trinajstić information content (AvgIpc) is 2.72. The van der Waals surface area contributed by atoms with Gasteiger partial charge in [-0.1, -0.05) is 51.1 Å². The maximum atomic E-state index is 13.3. The molecule has 3 aromatic rings. The summed E-state index contributed by atoms with van der Waals surface area (Å²) in [6.07, 6.45) is 3.22. The van der Waals surface area contributed by atoms with Crippen LogP contribution in [-0.2, 0) is 12.0 Å². The molecule has 0 atom stereocenters. The molecular formula is C23H25N3O2. The molecule has 1 amide bonds. The number of rotatable bonds is 5. The summed E-state index contributed by atoms with van der Waals surface area (Å²) in [5.74, 6) is 1.31. The third-order valence-electron chi connectivity index (χ3n) is 4.38. The van der Waals surface area contributed by atoms with Gasteiger partial charge in [-0.2, -0.15) is 0 Å². The Morgan fingerprint density at radius 2 is 1.57 bits per heavy atom. The third-order valence-corrected chi connectivity index (χ3v) is 4.38. The topological polar surface area (TPSA) is 55.3 Å². The normalized spacial score (nSPS) is 11.1. The summed E-state index contributed by atoms with van der Waals surface area (Å²) < 4.78 is 5.23. The van der Waals surface area contributed by atoms with E-state index in [-0.39, 0.29) is 11.3 Å². The zero-order valence-electron chi connectivity index (χ0n) is 16.7. The van der Waals surface area contributed by atoms with Crippen LogP contribution in [-0.4, -0.2) is 23.0 Å². The van der Waals surface area contributed by atoms with E-state index in [1.54, 1.807) is 24.4 Å². The van der Waals surface area contributed by atoms with E-state index in [2.05, 4.69) is 9.97 Å². The van der Waals surface area contributed by atoms with Crippen molar-refractivity contribution < 1.29 is 9.53 Å². The number of ether oxygens (including phenoxy) is 1. The van der Waals surface area contributed by atoms with Gasteiger partial charge in [-0.25, -0.2) is 9.97 Å². The summed E-state index contributed by atoms with van der Waals surface area (Å²) in [6, 6.07) is 17.3. The number of aromatic nitrogens is 2. The maximum Gasteiger partial charge on any atom is 0.261 e. The van der Waals surface area contributed by atoms with Crippen molar-refractivity contribution in [2.24, 2.45) is 0 Å². The van der Waals surface area contributed by atoms with Gasteiger partial charge in [0.15, 0.2) is 0 Å². The fourth-order valence-corrected chi connectivity index (χ4v) is 2.79. The van der Waals surface area contributed by atoms with E-state index in [1.807, 2.05) is 75.4 Å². The highest BCUT2D eigenvalue weighted by atomic mass is 16.5. The molecule has 28 heavy (non-hydrogen) atoms. The van der Waals surface area contributed by atoms with Crippen LogP contribution in [0.2, 0.25) is 0 Å². The van der Waals surface area contributed by atoms with Crippen molar-refractivity contribution in [3.8, 4) is 5.75 Å². The Kier molecular flexibility index (Phi) is 5.73. The third kappa shape index (κ3) is 4.55. The Balaban J connectivity index is 1.93. The Morgan fingerprint density at radius 1 is 0.964 bits per heavy atom. The molecule has 2 aromatic carbocycles. The maximum absolute atomic E-state index is 13.3. The van der Waals surface area contributed by atoms with Gasteiger partial charge in [-0.15, -0.1) is 0 Å². The van der Waals surface area contributed by atoms with Crippen molar-refractivity contribution in [3.05, 3.63) is 83.9 Å². The van der Waals surface area contributed by atoms with Crippen LogP contribution in [0.1, 0.15) is 42.5 Å². The molecule has 0 aliphatic heterocycles. The molecule has 0 aliphatic carbocycles. The molecule has 0 unspecified atom stereocenters. The van der Waals surface area contributed by atoms with Crippen LogP contribution in [0.5, 0.6) is 5.75 Å². The molecule has 0 fully saturated rings. The first-order chi connectivity index (χ1) is 13.4. The van der Waals surface area contributed by atoms with Gasteiger partial charge in [0.25, 0.3) is 5.91 Å². The number of hydrogen-bond acceptors (Lipinski definition) is 4. The SMILES string of the molecule is COc1ccc(N(Cc2ccccc2)C(=O)c2cnc(C(C)(C)C)nc2)cc1. The number of amides is 1. The zero-order valence-corrected chi connectivity index (χ0v) is 16.7. The van der Waals surface area contributed by atoms with Crippen molar-refractivity contribution in [1.82, 2.24) is 9.97 Å². The highest BCUT2D eigenvalue weighted by Crippen LogP contribution is 2.24. The van der Waals surface area contributed by atoms with Crippen molar-refractivity contribution in [2.75, 3.05) is 12.0 Å². The Morgan fingerprint density at radius 3 is 2.11 bits per heavy atom. The van der Waals surface area contributed by atoms with Crippen LogP contribution in [0.3, 0.4) is 0 Å². The Bertz CT molecular complexity index is 915. The summed E-state index contributed by atoms with van der Waals surface area (Å²) in [7, 11) is 1.62. The summed E-state index contributed by atoms with van der Waals surface area (Å²) in [6.45, 7) is 6.59. The molecule has 1 heterocycles. The molecule has 1 aromatic heterocycles. The minimum absolute atomic E-state index is 0.144. The molecule has 3 rings (SSSR count). The molecule has 0 saturated heterocycles. The van der Waals surface area contributed by atoms with Crippen molar-refractivity contribution in [3.63, 3.8) is 0 Å². The van der Waals surface area contributed by atoms with Crippen LogP contribution in [0.25, 0.3) is 0 Å². The predicted molar refractivity (Wildman–Crippen MR) is 111 cm³/mol. The zero-order chi connectivity index (χ0) is 20.1. The smallest absolute Gasteiger partial charge is 0.261 e. The Labute approximate surface area is 166 Å². The number of benzene rings is 2. The van der Waals surface area contributed by atoms with E-state index < -0.39 is 0 Å². The number of carbonyl (C=O) groups is 1. The fraction of sp³-hybridized carbons (Fsp3) is 0.261. The lowest BCUT2D eigenvalue weighted by atomic mass is 9.96. The van der Waals surface area contributed by atoms with Crippen LogP contribution >= 0.6 is 0 Å². The van der Waals surface area contributed by atoms with Crippen molar-refractivity contribution >= 4 is 11.6 Å². The fourth-order valence-electron chi connectivity index (χ4n) is 2.79. The molecule has 0 aliphatic rings.